The fourth-order valence-electron chi connectivity index (χ4n) is 2.51. The van der Waals surface area contributed by atoms with Gasteiger partial charge in [0.1, 0.15) is 5.82 Å². The molecule has 0 aliphatic heterocycles. The van der Waals surface area contributed by atoms with Crippen LogP contribution in [0.1, 0.15) is 38.4 Å². The lowest BCUT2D eigenvalue weighted by Gasteiger charge is -2.42. The summed E-state index contributed by atoms with van der Waals surface area (Å²) in [5.74, 6) is 1.44. The van der Waals surface area contributed by atoms with E-state index in [1.807, 2.05) is 6.92 Å². The molecule has 1 fully saturated rings. The first-order valence-corrected chi connectivity index (χ1v) is 6.72. The number of nitrogens with one attached hydrogen (secondary N) is 1. The van der Waals surface area contributed by atoms with Crippen LogP contribution in [0.25, 0.3) is 0 Å². The van der Waals surface area contributed by atoms with E-state index in [1.54, 1.807) is 0 Å². The number of hydrogen-bond donors (Lipinski definition) is 2. The van der Waals surface area contributed by atoms with Crippen molar-refractivity contribution in [2.75, 3.05) is 11.9 Å². The molecule has 90 valence electrons. The molecule has 1 aromatic heterocycles. The second kappa shape index (κ2) is 4.67. The van der Waals surface area contributed by atoms with E-state index in [0.717, 1.165) is 17.4 Å². The summed E-state index contributed by atoms with van der Waals surface area (Å²) in [7, 11) is 0. The Hall–Kier alpha value is -0.680. The Kier molecular flexibility index (Phi) is 3.44. The lowest BCUT2D eigenvalue weighted by molar-refractivity contribution is 0.235. The Balaban J connectivity index is 2.14. The second-order valence-corrected chi connectivity index (χ2v) is 5.53. The SMILES string of the molecule is Cc1nsc(NC2(CN)CCCCC2C)n1. The molecule has 0 bridgehead atoms. The maximum Gasteiger partial charge on any atom is 0.203 e. The van der Waals surface area contributed by atoms with Gasteiger partial charge in [-0.3, -0.25) is 0 Å². The van der Waals surface area contributed by atoms with Crippen LogP contribution in [-0.4, -0.2) is 21.4 Å². The standard InChI is InChI=1S/C11H20N4S/c1-8-5-3-4-6-11(8,7-12)14-10-13-9(2)15-16-10/h8H,3-7,12H2,1-2H3,(H,13,14,15). The van der Waals surface area contributed by atoms with Crippen LogP contribution < -0.4 is 11.1 Å². The number of rotatable bonds is 3. The van der Waals surface area contributed by atoms with Gasteiger partial charge in [0.2, 0.25) is 5.13 Å². The Labute approximate surface area is 101 Å². The van der Waals surface area contributed by atoms with Gasteiger partial charge in [0.25, 0.3) is 0 Å². The average molecular weight is 240 g/mol. The number of anilines is 1. The molecule has 0 radical (unpaired) electrons. The van der Waals surface area contributed by atoms with E-state index >= 15 is 0 Å². The lowest BCUT2D eigenvalue weighted by atomic mass is 9.74. The van der Waals surface area contributed by atoms with Crippen molar-refractivity contribution >= 4 is 16.7 Å². The summed E-state index contributed by atoms with van der Waals surface area (Å²) in [6, 6.07) is 0. The molecule has 1 aliphatic rings. The monoisotopic (exact) mass is 240 g/mol. The fourth-order valence-corrected chi connectivity index (χ4v) is 3.20. The van der Waals surface area contributed by atoms with Crippen LogP contribution in [0.15, 0.2) is 0 Å². The third-order valence-electron chi connectivity index (χ3n) is 3.70. The van der Waals surface area contributed by atoms with Crippen molar-refractivity contribution in [1.82, 2.24) is 9.36 Å². The molecular weight excluding hydrogens is 220 g/mol. The van der Waals surface area contributed by atoms with Crippen LogP contribution >= 0.6 is 11.5 Å². The van der Waals surface area contributed by atoms with Crippen molar-refractivity contribution in [1.29, 1.82) is 0 Å². The summed E-state index contributed by atoms with van der Waals surface area (Å²) >= 11 is 1.43. The topological polar surface area (TPSA) is 63.8 Å². The molecule has 0 saturated heterocycles. The lowest BCUT2D eigenvalue weighted by Crippen LogP contribution is -2.52. The highest BCUT2D eigenvalue weighted by Crippen LogP contribution is 2.36. The first-order chi connectivity index (χ1) is 7.66. The highest BCUT2D eigenvalue weighted by atomic mass is 32.1. The first-order valence-electron chi connectivity index (χ1n) is 5.95. The van der Waals surface area contributed by atoms with Crippen molar-refractivity contribution in [3.63, 3.8) is 0 Å². The van der Waals surface area contributed by atoms with E-state index in [0.29, 0.717) is 12.5 Å². The highest BCUT2D eigenvalue weighted by molar-refractivity contribution is 7.09. The molecule has 4 nitrogen and oxygen atoms in total. The summed E-state index contributed by atoms with van der Waals surface area (Å²) in [4.78, 5) is 4.37. The zero-order valence-electron chi connectivity index (χ0n) is 9.99. The Bertz CT molecular complexity index is 352. The van der Waals surface area contributed by atoms with Crippen molar-refractivity contribution in [3.05, 3.63) is 5.82 Å². The molecule has 0 spiro atoms. The van der Waals surface area contributed by atoms with E-state index in [4.69, 9.17) is 5.73 Å². The van der Waals surface area contributed by atoms with Gasteiger partial charge in [-0.25, -0.2) is 4.98 Å². The molecule has 1 aromatic rings. The van der Waals surface area contributed by atoms with E-state index in [2.05, 4.69) is 21.6 Å². The van der Waals surface area contributed by atoms with Crippen molar-refractivity contribution < 1.29 is 0 Å². The van der Waals surface area contributed by atoms with Crippen molar-refractivity contribution in [2.45, 2.75) is 45.1 Å². The van der Waals surface area contributed by atoms with Gasteiger partial charge >= 0.3 is 0 Å². The number of aromatic nitrogens is 2. The molecule has 16 heavy (non-hydrogen) atoms. The summed E-state index contributed by atoms with van der Waals surface area (Å²) in [6.07, 6.45) is 4.97. The van der Waals surface area contributed by atoms with Gasteiger partial charge in [-0.1, -0.05) is 19.8 Å². The minimum atomic E-state index is 0.0320. The zero-order valence-corrected chi connectivity index (χ0v) is 10.8. The van der Waals surface area contributed by atoms with Crippen LogP contribution in [0.3, 0.4) is 0 Å². The van der Waals surface area contributed by atoms with Crippen LogP contribution in [-0.2, 0) is 0 Å². The summed E-state index contributed by atoms with van der Waals surface area (Å²) in [5.41, 5.74) is 6.01. The average Bonchev–Trinajstić information content (AvgIpc) is 2.67. The molecule has 1 saturated carbocycles. The predicted molar refractivity (Wildman–Crippen MR) is 67.7 cm³/mol. The summed E-state index contributed by atoms with van der Waals surface area (Å²) < 4.78 is 4.20. The van der Waals surface area contributed by atoms with Crippen molar-refractivity contribution in [3.8, 4) is 0 Å². The Morgan fingerprint density at radius 2 is 2.38 bits per heavy atom. The number of nitrogens with two attached hydrogens (primary N) is 1. The van der Waals surface area contributed by atoms with Gasteiger partial charge in [0.15, 0.2) is 0 Å². The van der Waals surface area contributed by atoms with Crippen LogP contribution in [0.2, 0.25) is 0 Å². The summed E-state index contributed by atoms with van der Waals surface area (Å²) in [6.45, 7) is 4.88. The molecule has 2 unspecified atom stereocenters. The van der Waals surface area contributed by atoms with Crippen LogP contribution in [0, 0.1) is 12.8 Å². The largest absolute Gasteiger partial charge is 0.353 e. The van der Waals surface area contributed by atoms with Gasteiger partial charge in [0, 0.05) is 18.1 Å². The molecular formula is C11H20N4S. The molecule has 0 aromatic carbocycles. The minimum Gasteiger partial charge on any atom is -0.353 e. The fraction of sp³-hybridized carbons (Fsp3) is 0.818. The van der Waals surface area contributed by atoms with Gasteiger partial charge in [0.05, 0.1) is 5.54 Å². The third kappa shape index (κ3) is 2.20. The maximum atomic E-state index is 5.98. The maximum absolute atomic E-state index is 5.98. The molecule has 3 N–H and O–H groups in total. The number of nitrogens with zero attached hydrogens (tertiary/aromatic N) is 2. The van der Waals surface area contributed by atoms with E-state index < -0.39 is 0 Å². The normalized spacial score (nSPS) is 30.3. The Morgan fingerprint density at radius 3 is 2.94 bits per heavy atom. The summed E-state index contributed by atoms with van der Waals surface area (Å²) in [5, 5.41) is 4.45. The third-order valence-corrected chi connectivity index (χ3v) is 4.42. The Morgan fingerprint density at radius 1 is 1.56 bits per heavy atom. The van der Waals surface area contributed by atoms with Crippen LogP contribution in [0.4, 0.5) is 5.13 Å². The van der Waals surface area contributed by atoms with Gasteiger partial charge in [-0.15, -0.1) is 0 Å². The molecule has 1 aliphatic carbocycles. The van der Waals surface area contributed by atoms with Crippen LogP contribution in [0.5, 0.6) is 0 Å². The van der Waals surface area contributed by atoms with E-state index in [-0.39, 0.29) is 5.54 Å². The zero-order chi connectivity index (χ0) is 11.6. The van der Waals surface area contributed by atoms with E-state index in [1.165, 1.54) is 30.8 Å². The first kappa shape index (κ1) is 11.8. The van der Waals surface area contributed by atoms with Crippen molar-refractivity contribution in [2.24, 2.45) is 11.7 Å². The molecule has 2 rings (SSSR count). The van der Waals surface area contributed by atoms with Gasteiger partial charge in [-0.05, 0) is 25.7 Å². The highest BCUT2D eigenvalue weighted by Gasteiger charge is 2.37. The van der Waals surface area contributed by atoms with Gasteiger partial charge < -0.3 is 11.1 Å². The van der Waals surface area contributed by atoms with Gasteiger partial charge in [-0.2, -0.15) is 4.37 Å². The molecule has 1 heterocycles. The predicted octanol–water partition coefficient (Wildman–Crippen LogP) is 2.17. The molecule has 5 heteroatoms. The smallest absolute Gasteiger partial charge is 0.203 e. The van der Waals surface area contributed by atoms with E-state index in [9.17, 15) is 0 Å². The molecule has 0 amide bonds. The minimum absolute atomic E-state index is 0.0320. The number of hydrogen-bond acceptors (Lipinski definition) is 5. The number of aryl methyl sites for hydroxylation is 1. The molecule has 2 atom stereocenters. The second-order valence-electron chi connectivity index (χ2n) is 4.78. The quantitative estimate of drug-likeness (QED) is 0.850.